The monoisotopic (exact) mass is 243 g/mol. The van der Waals surface area contributed by atoms with E-state index in [0.717, 1.165) is 6.42 Å². The maximum absolute atomic E-state index is 13.6. The van der Waals surface area contributed by atoms with E-state index in [1.54, 1.807) is 25.2 Å². The Morgan fingerprint density at radius 1 is 1.50 bits per heavy atom. The molecule has 0 unspecified atom stereocenters. The van der Waals surface area contributed by atoms with Crippen LogP contribution in [0.1, 0.15) is 12.8 Å². The van der Waals surface area contributed by atoms with Gasteiger partial charge in [-0.2, -0.15) is 0 Å². The smallest absolute Gasteiger partial charge is 0.188 e. The summed E-state index contributed by atoms with van der Waals surface area (Å²) >= 11 is 0. The van der Waals surface area contributed by atoms with Gasteiger partial charge in [0.05, 0.1) is 12.3 Å². The van der Waals surface area contributed by atoms with Crippen LogP contribution in [-0.4, -0.2) is 13.7 Å². The molecule has 1 aromatic rings. The molecule has 0 aliphatic rings. The number of unbranched alkanes of at least 4 members (excludes halogenated alkanes) is 1. The fraction of sp³-hybridized carbons (Fsp3) is 0.333. The number of halogens is 2. The highest BCUT2D eigenvalue weighted by Gasteiger charge is 2.06. The van der Waals surface area contributed by atoms with E-state index < -0.39 is 0 Å². The number of nitrogens with one attached hydrogen (secondary N) is 1. The molecule has 4 heteroatoms. The Morgan fingerprint density at radius 3 is 2.88 bits per heavy atom. The van der Waals surface area contributed by atoms with Gasteiger partial charge in [-0.25, -0.2) is 4.39 Å². The first-order valence-corrected chi connectivity index (χ1v) is 4.82. The molecule has 0 aliphatic carbocycles. The molecule has 0 saturated carbocycles. The first-order valence-electron chi connectivity index (χ1n) is 4.82. The molecule has 0 heterocycles. The zero-order valence-corrected chi connectivity index (χ0v) is 9.94. The third-order valence-electron chi connectivity index (χ3n) is 1.96. The summed E-state index contributed by atoms with van der Waals surface area (Å²) in [5.74, 6) is 2.41. The van der Waals surface area contributed by atoms with E-state index in [4.69, 9.17) is 11.2 Å². The van der Waals surface area contributed by atoms with Crippen LogP contribution < -0.4 is 10.1 Å². The summed E-state index contributed by atoms with van der Waals surface area (Å²) < 4.78 is 18.8. The maximum atomic E-state index is 13.6. The normalized spacial score (nSPS) is 8.81. The molecule has 0 spiro atoms. The van der Waals surface area contributed by atoms with Gasteiger partial charge in [0.1, 0.15) is 0 Å². The lowest BCUT2D eigenvalue weighted by molar-refractivity contribution is 0.298. The van der Waals surface area contributed by atoms with Crippen molar-refractivity contribution in [1.82, 2.24) is 0 Å². The average molecular weight is 244 g/mol. The summed E-state index contributed by atoms with van der Waals surface area (Å²) in [6.45, 7) is 0.439. The van der Waals surface area contributed by atoms with Gasteiger partial charge < -0.3 is 10.1 Å². The first kappa shape index (κ1) is 14.6. The highest BCUT2D eigenvalue weighted by Crippen LogP contribution is 2.23. The van der Waals surface area contributed by atoms with Crippen LogP contribution in [0.2, 0.25) is 0 Å². The van der Waals surface area contributed by atoms with Gasteiger partial charge in [-0.15, -0.1) is 24.8 Å². The molecule has 1 N–H and O–H groups in total. The molecule has 0 atom stereocenters. The zero-order chi connectivity index (χ0) is 11.1. The second-order valence-corrected chi connectivity index (χ2v) is 3.02. The van der Waals surface area contributed by atoms with E-state index in [-0.39, 0.29) is 24.0 Å². The molecular formula is C12H15ClFNO. The van der Waals surface area contributed by atoms with Gasteiger partial charge in [-0.3, -0.25) is 0 Å². The summed E-state index contributed by atoms with van der Waals surface area (Å²) in [7, 11) is 1.67. The Bertz CT molecular complexity index is 363. The largest absolute Gasteiger partial charge is 0.490 e. The van der Waals surface area contributed by atoms with Gasteiger partial charge in [0.2, 0.25) is 0 Å². The fourth-order valence-electron chi connectivity index (χ4n) is 1.17. The Kier molecular flexibility index (Phi) is 7.15. The molecule has 1 rings (SSSR count). The van der Waals surface area contributed by atoms with Gasteiger partial charge >= 0.3 is 0 Å². The predicted octanol–water partition coefficient (Wildman–Crippen LogP) is 3.08. The van der Waals surface area contributed by atoms with Crippen LogP contribution >= 0.6 is 12.4 Å². The van der Waals surface area contributed by atoms with Crippen molar-refractivity contribution in [2.24, 2.45) is 0 Å². The van der Waals surface area contributed by atoms with Crippen LogP contribution in [0.5, 0.6) is 5.75 Å². The molecule has 88 valence electrons. The second-order valence-electron chi connectivity index (χ2n) is 3.02. The van der Waals surface area contributed by atoms with Gasteiger partial charge in [0.15, 0.2) is 11.6 Å². The number of ether oxygens (including phenoxy) is 1. The molecule has 0 aliphatic heterocycles. The van der Waals surface area contributed by atoms with Crippen LogP contribution in [0, 0.1) is 18.2 Å². The van der Waals surface area contributed by atoms with Crippen molar-refractivity contribution in [3.8, 4) is 18.1 Å². The van der Waals surface area contributed by atoms with Crippen LogP contribution in [0.3, 0.4) is 0 Å². The van der Waals surface area contributed by atoms with E-state index in [1.807, 2.05) is 0 Å². The molecule has 0 bridgehead atoms. The van der Waals surface area contributed by atoms with Crippen molar-refractivity contribution in [1.29, 1.82) is 0 Å². The molecule has 1 aromatic carbocycles. The molecule has 0 fully saturated rings. The zero-order valence-electron chi connectivity index (χ0n) is 9.13. The van der Waals surface area contributed by atoms with Gasteiger partial charge in [-0.1, -0.05) is 6.07 Å². The average Bonchev–Trinajstić information content (AvgIpc) is 2.26. The Labute approximate surface area is 102 Å². The molecule has 2 nitrogen and oxygen atoms in total. The fourth-order valence-corrected chi connectivity index (χ4v) is 1.17. The molecule has 0 saturated heterocycles. The number of hydrogen-bond acceptors (Lipinski definition) is 2. The third-order valence-corrected chi connectivity index (χ3v) is 1.96. The summed E-state index contributed by atoms with van der Waals surface area (Å²) in [5.41, 5.74) is 0.435. The molecule has 16 heavy (non-hydrogen) atoms. The van der Waals surface area contributed by atoms with Gasteiger partial charge in [0.25, 0.3) is 0 Å². The van der Waals surface area contributed by atoms with Crippen LogP contribution in [0.25, 0.3) is 0 Å². The minimum Gasteiger partial charge on any atom is -0.490 e. The van der Waals surface area contributed by atoms with Crippen molar-refractivity contribution >= 4 is 18.1 Å². The lowest BCUT2D eigenvalue weighted by Crippen LogP contribution is -2.01. The van der Waals surface area contributed by atoms with Crippen molar-refractivity contribution in [2.75, 3.05) is 19.0 Å². The molecule has 0 radical (unpaired) electrons. The van der Waals surface area contributed by atoms with E-state index >= 15 is 0 Å². The van der Waals surface area contributed by atoms with Crippen LogP contribution in [0.4, 0.5) is 10.1 Å². The Hall–Kier alpha value is -1.40. The Balaban J connectivity index is 0.00000225. The van der Waals surface area contributed by atoms with Gasteiger partial charge in [0, 0.05) is 13.5 Å². The quantitative estimate of drug-likeness (QED) is 0.634. The summed E-state index contributed by atoms with van der Waals surface area (Å²) in [6, 6.07) is 5.00. The second kappa shape index (κ2) is 7.84. The standard InChI is InChI=1S/C12H14FNO.ClH/c1-3-4-5-9-15-11-8-6-7-10(14-2)12(11)13;/h1,6-8,14H,4-5,9H2,2H3;1H. The number of anilines is 1. The lowest BCUT2D eigenvalue weighted by Gasteiger charge is -2.09. The van der Waals surface area contributed by atoms with Crippen molar-refractivity contribution in [2.45, 2.75) is 12.8 Å². The SMILES string of the molecule is C#CCCCOc1cccc(NC)c1F.Cl. The Morgan fingerprint density at radius 2 is 2.25 bits per heavy atom. The van der Waals surface area contributed by atoms with E-state index in [0.29, 0.717) is 18.7 Å². The molecule has 0 amide bonds. The summed E-state index contributed by atoms with van der Waals surface area (Å²) in [4.78, 5) is 0. The highest BCUT2D eigenvalue weighted by molar-refractivity contribution is 5.85. The minimum atomic E-state index is -0.360. The minimum absolute atomic E-state index is 0. The third kappa shape index (κ3) is 4.00. The molecular weight excluding hydrogens is 229 g/mol. The van der Waals surface area contributed by atoms with Crippen LogP contribution in [-0.2, 0) is 0 Å². The van der Waals surface area contributed by atoms with Crippen molar-refractivity contribution in [3.05, 3.63) is 24.0 Å². The maximum Gasteiger partial charge on any atom is 0.188 e. The number of rotatable bonds is 5. The summed E-state index contributed by atoms with van der Waals surface area (Å²) in [5, 5.41) is 2.75. The summed E-state index contributed by atoms with van der Waals surface area (Å²) in [6.07, 6.45) is 6.48. The number of terminal acetylenes is 1. The molecule has 0 aromatic heterocycles. The van der Waals surface area contributed by atoms with E-state index in [1.165, 1.54) is 0 Å². The van der Waals surface area contributed by atoms with Crippen molar-refractivity contribution in [3.63, 3.8) is 0 Å². The van der Waals surface area contributed by atoms with E-state index in [2.05, 4.69) is 11.2 Å². The number of benzene rings is 1. The highest BCUT2D eigenvalue weighted by atomic mass is 35.5. The lowest BCUT2D eigenvalue weighted by atomic mass is 10.3. The predicted molar refractivity (Wildman–Crippen MR) is 66.8 cm³/mol. The van der Waals surface area contributed by atoms with Crippen molar-refractivity contribution < 1.29 is 9.13 Å². The van der Waals surface area contributed by atoms with Crippen LogP contribution in [0.15, 0.2) is 18.2 Å². The first-order chi connectivity index (χ1) is 7.29. The topological polar surface area (TPSA) is 21.3 Å². The van der Waals surface area contributed by atoms with E-state index in [9.17, 15) is 4.39 Å². The number of hydrogen-bond donors (Lipinski definition) is 1. The van der Waals surface area contributed by atoms with Gasteiger partial charge in [-0.05, 0) is 18.6 Å².